The molecule has 198 valence electrons. The molecule has 0 saturated carbocycles. The van der Waals surface area contributed by atoms with E-state index in [0.29, 0.717) is 30.2 Å². The third-order valence-corrected chi connectivity index (χ3v) is 6.37. The number of nitro groups is 1. The van der Waals surface area contributed by atoms with Gasteiger partial charge in [0, 0.05) is 25.5 Å². The maximum atomic E-state index is 12.4. The molecule has 1 aliphatic heterocycles. The minimum Gasteiger partial charge on any atom is -0.493 e. The molecule has 11 heteroatoms. The van der Waals surface area contributed by atoms with E-state index >= 15 is 0 Å². The quantitative estimate of drug-likeness (QED) is 0.232. The van der Waals surface area contributed by atoms with Crippen LogP contribution >= 0.6 is 0 Å². The summed E-state index contributed by atoms with van der Waals surface area (Å²) in [6.45, 7) is 2.10. The summed E-state index contributed by atoms with van der Waals surface area (Å²) < 4.78 is 13.2. The molecule has 0 N–H and O–H groups in total. The molecular formula is C28H26N6O5. The number of carbonyl (C=O) groups is 1. The molecule has 3 aromatic carbocycles. The summed E-state index contributed by atoms with van der Waals surface area (Å²) >= 11 is 0. The Morgan fingerprint density at radius 1 is 1.08 bits per heavy atom. The minimum absolute atomic E-state index is 0.0393. The van der Waals surface area contributed by atoms with Crippen LogP contribution in [0.1, 0.15) is 41.8 Å². The summed E-state index contributed by atoms with van der Waals surface area (Å²) in [5.74, 6) is 0.923. The van der Waals surface area contributed by atoms with Gasteiger partial charge in [-0.25, -0.2) is 9.69 Å². The number of methoxy groups -OCH3 is 1. The van der Waals surface area contributed by atoms with Crippen LogP contribution in [0.3, 0.4) is 0 Å². The largest absolute Gasteiger partial charge is 0.493 e. The number of aromatic nitrogens is 3. The molecule has 0 aliphatic carbocycles. The van der Waals surface area contributed by atoms with Gasteiger partial charge in [0.2, 0.25) is 5.91 Å². The second kappa shape index (κ2) is 11.1. The first kappa shape index (κ1) is 25.6. The second-order valence-electron chi connectivity index (χ2n) is 9.03. The van der Waals surface area contributed by atoms with E-state index in [9.17, 15) is 14.9 Å². The lowest BCUT2D eigenvalue weighted by Crippen LogP contribution is -2.24. The Morgan fingerprint density at radius 2 is 1.85 bits per heavy atom. The highest BCUT2D eigenvalue weighted by molar-refractivity contribution is 6.03. The molecule has 0 spiro atoms. The van der Waals surface area contributed by atoms with Crippen LogP contribution in [0, 0.1) is 10.1 Å². The van der Waals surface area contributed by atoms with Crippen LogP contribution in [0.2, 0.25) is 0 Å². The minimum atomic E-state index is -0.432. The second-order valence-corrected chi connectivity index (χ2v) is 9.03. The van der Waals surface area contributed by atoms with Crippen molar-refractivity contribution in [2.75, 3.05) is 7.11 Å². The summed E-state index contributed by atoms with van der Waals surface area (Å²) in [4.78, 5) is 22.8. The Bertz CT molecular complexity index is 1520. The van der Waals surface area contributed by atoms with Crippen molar-refractivity contribution in [3.8, 4) is 11.5 Å². The summed E-state index contributed by atoms with van der Waals surface area (Å²) in [7, 11) is 1.57. The summed E-state index contributed by atoms with van der Waals surface area (Å²) in [5.41, 5.74) is 4.24. The Morgan fingerprint density at radius 3 is 2.54 bits per heavy atom. The van der Waals surface area contributed by atoms with Crippen molar-refractivity contribution in [1.82, 2.24) is 20.0 Å². The van der Waals surface area contributed by atoms with Crippen LogP contribution in [0.5, 0.6) is 11.5 Å². The number of carbonyl (C=O) groups excluding carboxylic acids is 1. The number of ether oxygens (including phenoxy) is 2. The first-order chi connectivity index (χ1) is 18.9. The zero-order valence-corrected chi connectivity index (χ0v) is 21.4. The number of rotatable bonds is 9. The van der Waals surface area contributed by atoms with Gasteiger partial charge in [-0.15, -0.1) is 5.10 Å². The van der Waals surface area contributed by atoms with Crippen LogP contribution in [0.25, 0.3) is 0 Å². The zero-order chi connectivity index (χ0) is 27.4. The molecule has 1 unspecified atom stereocenters. The molecule has 39 heavy (non-hydrogen) atoms. The van der Waals surface area contributed by atoms with Crippen molar-refractivity contribution < 1.29 is 19.2 Å². The Labute approximate surface area is 224 Å². The van der Waals surface area contributed by atoms with Crippen molar-refractivity contribution in [1.29, 1.82) is 0 Å². The van der Waals surface area contributed by atoms with Gasteiger partial charge in [0.05, 0.1) is 36.5 Å². The fraction of sp³-hybridized carbons (Fsp3) is 0.214. The van der Waals surface area contributed by atoms with Crippen LogP contribution in [-0.4, -0.2) is 43.7 Å². The third-order valence-electron chi connectivity index (χ3n) is 6.37. The first-order valence-electron chi connectivity index (χ1n) is 12.3. The highest BCUT2D eigenvalue weighted by Gasteiger charge is 2.32. The van der Waals surface area contributed by atoms with Gasteiger partial charge in [-0.05, 0) is 28.8 Å². The maximum Gasteiger partial charge on any atom is 0.269 e. The summed E-state index contributed by atoms with van der Waals surface area (Å²) in [6.07, 6.45) is 2.35. The molecule has 11 nitrogen and oxygen atoms in total. The molecule has 0 bridgehead atoms. The van der Waals surface area contributed by atoms with E-state index in [4.69, 9.17) is 9.47 Å². The molecule has 1 aromatic heterocycles. The average molecular weight is 527 g/mol. The van der Waals surface area contributed by atoms with Gasteiger partial charge in [0.15, 0.2) is 11.5 Å². The molecular weight excluding hydrogens is 500 g/mol. The molecule has 4 aromatic rings. The Hall–Kier alpha value is -5.06. The van der Waals surface area contributed by atoms with Gasteiger partial charge < -0.3 is 9.47 Å². The predicted octanol–water partition coefficient (Wildman–Crippen LogP) is 4.52. The Kier molecular flexibility index (Phi) is 7.30. The van der Waals surface area contributed by atoms with E-state index in [1.807, 2.05) is 48.5 Å². The zero-order valence-electron chi connectivity index (χ0n) is 21.4. The van der Waals surface area contributed by atoms with Crippen LogP contribution in [0.4, 0.5) is 5.69 Å². The predicted molar refractivity (Wildman–Crippen MR) is 142 cm³/mol. The van der Waals surface area contributed by atoms with Crippen LogP contribution in [0.15, 0.2) is 84.1 Å². The normalized spacial score (nSPS) is 14.7. The number of hydrogen-bond donors (Lipinski definition) is 0. The van der Waals surface area contributed by atoms with Gasteiger partial charge in [-0.3, -0.25) is 14.9 Å². The average Bonchev–Trinajstić information content (AvgIpc) is 3.60. The maximum absolute atomic E-state index is 12.4. The lowest BCUT2D eigenvalue weighted by Gasteiger charge is -2.21. The number of hydrogen-bond acceptors (Lipinski definition) is 8. The van der Waals surface area contributed by atoms with Crippen molar-refractivity contribution in [3.05, 3.63) is 111 Å². The molecule has 1 atom stereocenters. The lowest BCUT2D eigenvalue weighted by atomic mass is 9.98. The Balaban J connectivity index is 1.25. The molecule has 0 fully saturated rings. The molecule has 1 aliphatic rings. The van der Waals surface area contributed by atoms with E-state index in [0.717, 1.165) is 22.4 Å². The highest BCUT2D eigenvalue weighted by Crippen LogP contribution is 2.37. The van der Waals surface area contributed by atoms with Crippen molar-refractivity contribution in [3.63, 3.8) is 0 Å². The fourth-order valence-corrected chi connectivity index (χ4v) is 4.42. The lowest BCUT2D eigenvalue weighted by molar-refractivity contribution is -0.384. The number of nitrogens with zero attached hydrogens (tertiary/aromatic N) is 6. The molecule has 0 saturated heterocycles. The van der Waals surface area contributed by atoms with Crippen molar-refractivity contribution in [2.24, 2.45) is 5.10 Å². The first-order valence-corrected chi connectivity index (χ1v) is 12.3. The van der Waals surface area contributed by atoms with E-state index < -0.39 is 4.92 Å². The molecule has 0 radical (unpaired) electrons. The third kappa shape index (κ3) is 5.77. The topological polar surface area (TPSA) is 125 Å². The van der Waals surface area contributed by atoms with E-state index in [1.54, 1.807) is 30.1 Å². The van der Waals surface area contributed by atoms with Gasteiger partial charge in [0.1, 0.15) is 12.3 Å². The monoisotopic (exact) mass is 526 g/mol. The highest BCUT2D eigenvalue weighted by atomic mass is 16.6. The number of amides is 1. The van der Waals surface area contributed by atoms with Crippen LogP contribution < -0.4 is 9.47 Å². The summed E-state index contributed by atoms with van der Waals surface area (Å²) in [6, 6.07) is 21.5. The number of nitro benzene ring substituents is 1. The SMILES string of the molecule is COc1cc(C2CC(c3ccccc3)=NN2C(C)=O)ccc1OCc1cn(Cc2ccc([N+](=O)[O-])cc2)nn1. The standard InChI is InChI=1S/C28H26N6O5/c1-19(35)33-26(15-25(30-33)21-6-4-3-5-7-21)22-10-13-27(28(14-22)38-2)39-18-23-17-32(31-29-23)16-20-8-11-24(12-9-20)34(36)37/h3-14,17,26H,15-16,18H2,1-2H3. The molecule has 5 rings (SSSR count). The number of hydrazone groups is 1. The van der Waals surface area contributed by atoms with Crippen molar-refractivity contribution in [2.45, 2.75) is 32.5 Å². The summed E-state index contributed by atoms with van der Waals surface area (Å²) in [5, 5.41) is 25.2. The van der Waals surface area contributed by atoms with Crippen LogP contribution in [-0.2, 0) is 17.9 Å². The molecule has 1 amide bonds. The van der Waals surface area contributed by atoms with E-state index in [-0.39, 0.29) is 24.2 Å². The smallest absolute Gasteiger partial charge is 0.269 e. The van der Waals surface area contributed by atoms with E-state index in [2.05, 4.69) is 15.4 Å². The van der Waals surface area contributed by atoms with Crippen molar-refractivity contribution >= 4 is 17.3 Å². The van der Waals surface area contributed by atoms with Gasteiger partial charge >= 0.3 is 0 Å². The van der Waals surface area contributed by atoms with E-state index in [1.165, 1.54) is 24.1 Å². The number of benzene rings is 3. The van der Waals surface area contributed by atoms with Gasteiger partial charge in [-0.2, -0.15) is 5.10 Å². The van der Waals surface area contributed by atoms with Gasteiger partial charge in [0.25, 0.3) is 5.69 Å². The van der Waals surface area contributed by atoms with Gasteiger partial charge in [-0.1, -0.05) is 53.7 Å². The number of non-ortho nitro benzene ring substituents is 1. The molecule has 2 heterocycles. The fourth-order valence-electron chi connectivity index (χ4n) is 4.42.